The number of nitriles is 1. The van der Waals surface area contributed by atoms with Crippen molar-refractivity contribution >= 4 is 5.97 Å². The van der Waals surface area contributed by atoms with Gasteiger partial charge in [-0.25, -0.2) is 4.79 Å². The molecule has 0 unspecified atom stereocenters. The summed E-state index contributed by atoms with van der Waals surface area (Å²) in [4.78, 5) is 11.9. The first kappa shape index (κ1) is 22.7. The van der Waals surface area contributed by atoms with E-state index in [9.17, 15) is 10.1 Å². The smallest absolute Gasteiger partial charge is 0.337 e. The van der Waals surface area contributed by atoms with Gasteiger partial charge in [0.05, 0.1) is 29.8 Å². The first-order valence-corrected chi connectivity index (χ1v) is 11.2. The third-order valence-electron chi connectivity index (χ3n) is 6.00. The van der Waals surface area contributed by atoms with Crippen molar-refractivity contribution in [1.82, 2.24) is 10.2 Å². The highest BCUT2D eigenvalue weighted by atomic mass is 16.5. The van der Waals surface area contributed by atoms with Crippen LogP contribution in [0.3, 0.4) is 0 Å². The topological polar surface area (TPSA) is 123 Å². The van der Waals surface area contributed by atoms with Crippen LogP contribution in [0.25, 0.3) is 11.3 Å². The summed E-state index contributed by atoms with van der Waals surface area (Å²) in [6.45, 7) is 0.465. The number of aromatic nitrogens is 2. The maximum atomic E-state index is 11.9. The van der Waals surface area contributed by atoms with Crippen LogP contribution in [-0.4, -0.2) is 23.3 Å². The second kappa shape index (κ2) is 9.68. The Bertz CT molecular complexity index is 1470. The summed E-state index contributed by atoms with van der Waals surface area (Å²) in [5.74, 6) is 0.0447. The molecule has 0 amide bonds. The number of benzene rings is 3. The summed E-state index contributed by atoms with van der Waals surface area (Å²) < 4.78 is 16.4. The van der Waals surface area contributed by atoms with Gasteiger partial charge in [0.2, 0.25) is 11.8 Å². The van der Waals surface area contributed by atoms with Crippen LogP contribution < -0.4 is 15.2 Å². The van der Waals surface area contributed by atoms with Crippen molar-refractivity contribution in [3.05, 3.63) is 113 Å². The number of nitrogens with zero attached hydrogens (tertiary/aromatic N) is 2. The molecule has 0 saturated heterocycles. The summed E-state index contributed by atoms with van der Waals surface area (Å²) >= 11 is 0. The van der Waals surface area contributed by atoms with E-state index in [1.807, 2.05) is 54.6 Å². The third kappa shape index (κ3) is 4.26. The number of ether oxygens (including phenoxy) is 3. The molecule has 0 bridgehead atoms. The molecule has 0 aliphatic carbocycles. The number of hydrogen-bond donors (Lipinski definition) is 2. The van der Waals surface area contributed by atoms with Crippen molar-refractivity contribution < 1.29 is 19.0 Å². The van der Waals surface area contributed by atoms with E-state index in [1.54, 1.807) is 24.3 Å². The van der Waals surface area contributed by atoms with E-state index in [2.05, 4.69) is 16.3 Å². The van der Waals surface area contributed by atoms with Gasteiger partial charge < -0.3 is 19.9 Å². The van der Waals surface area contributed by atoms with Gasteiger partial charge in [-0.15, -0.1) is 5.10 Å². The number of hydrogen-bond acceptors (Lipinski definition) is 7. The van der Waals surface area contributed by atoms with E-state index in [-0.39, 0.29) is 11.5 Å². The molecule has 3 aromatic carbocycles. The molecule has 1 atom stereocenters. The Morgan fingerprint density at radius 1 is 1.08 bits per heavy atom. The van der Waals surface area contributed by atoms with E-state index in [1.165, 1.54) is 7.11 Å². The van der Waals surface area contributed by atoms with E-state index in [4.69, 9.17) is 19.9 Å². The Kier molecular flexibility index (Phi) is 6.12. The Hall–Kier alpha value is -5.03. The minimum absolute atomic E-state index is 0.00486. The molecule has 0 saturated carbocycles. The van der Waals surface area contributed by atoms with Crippen molar-refractivity contribution in [3.8, 4) is 29.0 Å². The minimum atomic E-state index is -0.534. The molecule has 1 aromatic heterocycles. The van der Waals surface area contributed by atoms with Crippen LogP contribution in [0, 0.1) is 11.3 Å². The lowest BCUT2D eigenvalue weighted by Crippen LogP contribution is -2.21. The van der Waals surface area contributed by atoms with Crippen molar-refractivity contribution in [2.24, 2.45) is 5.73 Å². The number of esters is 1. The molecule has 0 radical (unpaired) electrons. The van der Waals surface area contributed by atoms with Gasteiger partial charge in [0.1, 0.15) is 24.0 Å². The molecule has 1 aliphatic heterocycles. The van der Waals surface area contributed by atoms with Crippen LogP contribution in [0.4, 0.5) is 0 Å². The van der Waals surface area contributed by atoms with Gasteiger partial charge >= 0.3 is 5.97 Å². The SMILES string of the molecule is COC(=O)c1ccc([C@@H]2C(C#N)=C(N)Oc3n[nH]c(-c4ccc(OCc5ccccc5)cc4)c32)cc1. The van der Waals surface area contributed by atoms with E-state index in [0.29, 0.717) is 29.3 Å². The molecule has 3 N–H and O–H groups in total. The van der Waals surface area contributed by atoms with Gasteiger partial charge in [0.25, 0.3) is 0 Å². The molecule has 0 fully saturated rings. The summed E-state index contributed by atoms with van der Waals surface area (Å²) in [5.41, 5.74) is 10.8. The number of aromatic amines is 1. The first-order chi connectivity index (χ1) is 17.6. The van der Waals surface area contributed by atoms with Crippen LogP contribution in [0.2, 0.25) is 0 Å². The standard InChI is InChI=1S/C28H22N4O4/c1-34-28(33)20-9-7-18(8-10-20)23-22(15-29)26(30)36-27-24(23)25(31-32-27)19-11-13-21(14-12-19)35-16-17-5-3-2-4-6-17/h2-14,23H,16,30H2,1H3,(H,31,32)/t23-/m1/s1. The van der Waals surface area contributed by atoms with Gasteiger partial charge in [-0.2, -0.15) is 5.26 Å². The van der Waals surface area contributed by atoms with Gasteiger partial charge in [-0.1, -0.05) is 42.5 Å². The van der Waals surface area contributed by atoms with Gasteiger partial charge in [-0.05, 0) is 47.5 Å². The zero-order valence-corrected chi connectivity index (χ0v) is 19.4. The normalized spacial score (nSPS) is 14.4. The second-order valence-corrected chi connectivity index (χ2v) is 8.15. The zero-order chi connectivity index (χ0) is 25.1. The number of nitrogens with two attached hydrogens (primary N) is 1. The van der Waals surface area contributed by atoms with Crippen molar-refractivity contribution in [2.75, 3.05) is 7.11 Å². The number of carbonyl (C=O) groups is 1. The molecule has 5 rings (SSSR count). The van der Waals surface area contributed by atoms with E-state index in [0.717, 1.165) is 22.4 Å². The van der Waals surface area contributed by atoms with Crippen molar-refractivity contribution in [3.63, 3.8) is 0 Å². The Balaban J connectivity index is 1.48. The Morgan fingerprint density at radius 3 is 2.47 bits per heavy atom. The molecule has 8 heteroatoms. The minimum Gasteiger partial charge on any atom is -0.489 e. The third-order valence-corrected chi connectivity index (χ3v) is 6.00. The number of methoxy groups -OCH3 is 1. The highest BCUT2D eigenvalue weighted by molar-refractivity contribution is 5.89. The maximum Gasteiger partial charge on any atom is 0.337 e. The quantitative estimate of drug-likeness (QED) is 0.386. The van der Waals surface area contributed by atoms with E-state index >= 15 is 0 Å². The highest BCUT2D eigenvalue weighted by Gasteiger charge is 2.35. The fourth-order valence-electron chi connectivity index (χ4n) is 4.19. The summed E-state index contributed by atoms with van der Waals surface area (Å²) in [6.07, 6.45) is 0. The zero-order valence-electron chi connectivity index (χ0n) is 19.4. The number of allylic oxidation sites excluding steroid dienone is 1. The lowest BCUT2D eigenvalue weighted by Gasteiger charge is -2.24. The van der Waals surface area contributed by atoms with Gasteiger partial charge in [-0.3, -0.25) is 5.10 Å². The van der Waals surface area contributed by atoms with Crippen molar-refractivity contribution in [2.45, 2.75) is 12.5 Å². The number of fused-ring (bicyclic) bond motifs is 1. The molecular formula is C28H22N4O4. The summed E-state index contributed by atoms with van der Waals surface area (Å²) in [6, 6.07) is 26.6. The monoisotopic (exact) mass is 478 g/mol. The lowest BCUT2D eigenvalue weighted by molar-refractivity contribution is 0.0600. The van der Waals surface area contributed by atoms with Crippen LogP contribution in [0.5, 0.6) is 11.6 Å². The lowest BCUT2D eigenvalue weighted by atomic mass is 9.83. The number of nitrogens with one attached hydrogen (secondary N) is 1. The summed E-state index contributed by atoms with van der Waals surface area (Å²) in [7, 11) is 1.33. The number of H-pyrrole nitrogens is 1. The second-order valence-electron chi connectivity index (χ2n) is 8.15. The molecule has 2 heterocycles. The first-order valence-electron chi connectivity index (χ1n) is 11.2. The van der Waals surface area contributed by atoms with Gasteiger partial charge in [0.15, 0.2) is 0 Å². The Morgan fingerprint density at radius 2 is 1.81 bits per heavy atom. The van der Waals surface area contributed by atoms with E-state index < -0.39 is 11.9 Å². The summed E-state index contributed by atoms with van der Waals surface area (Å²) in [5, 5.41) is 17.2. The molecular weight excluding hydrogens is 456 g/mol. The van der Waals surface area contributed by atoms with Crippen LogP contribution >= 0.6 is 0 Å². The highest BCUT2D eigenvalue weighted by Crippen LogP contribution is 2.45. The van der Waals surface area contributed by atoms with Crippen LogP contribution in [0.1, 0.15) is 33.0 Å². The van der Waals surface area contributed by atoms with Crippen LogP contribution in [-0.2, 0) is 11.3 Å². The average Bonchev–Trinajstić information content (AvgIpc) is 3.35. The van der Waals surface area contributed by atoms with Crippen molar-refractivity contribution in [1.29, 1.82) is 5.26 Å². The molecule has 1 aliphatic rings. The predicted molar refractivity (Wildman–Crippen MR) is 132 cm³/mol. The molecule has 8 nitrogen and oxygen atoms in total. The fraction of sp³-hybridized carbons (Fsp3) is 0.107. The number of rotatable bonds is 6. The average molecular weight is 479 g/mol. The molecule has 4 aromatic rings. The van der Waals surface area contributed by atoms with Gasteiger partial charge in [0, 0.05) is 5.56 Å². The number of carbonyl (C=O) groups excluding carboxylic acids is 1. The molecule has 36 heavy (non-hydrogen) atoms. The fourth-order valence-corrected chi connectivity index (χ4v) is 4.19. The maximum absolute atomic E-state index is 11.9. The molecule has 178 valence electrons. The Labute approximate surface area is 207 Å². The molecule has 0 spiro atoms. The largest absolute Gasteiger partial charge is 0.489 e. The predicted octanol–water partition coefficient (Wildman–Crippen LogP) is 4.66. The van der Waals surface area contributed by atoms with Crippen LogP contribution in [0.15, 0.2) is 90.3 Å².